The highest BCUT2D eigenvalue weighted by Gasteiger charge is 2.29. The third-order valence-corrected chi connectivity index (χ3v) is 4.42. The number of aryl methyl sites for hydroxylation is 1. The summed E-state index contributed by atoms with van der Waals surface area (Å²) in [7, 11) is 0. The summed E-state index contributed by atoms with van der Waals surface area (Å²) in [4.78, 5) is 31.0. The summed E-state index contributed by atoms with van der Waals surface area (Å²) in [6.45, 7) is 1.48. The van der Waals surface area contributed by atoms with Gasteiger partial charge in [0, 0.05) is 37.3 Å². The molecule has 2 aromatic rings. The van der Waals surface area contributed by atoms with Crippen LogP contribution in [0.1, 0.15) is 28.8 Å². The summed E-state index contributed by atoms with van der Waals surface area (Å²) >= 11 is 0. The fourth-order valence-electron chi connectivity index (χ4n) is 3.05. The summed E-state index contributed by atoms with van der Waals surface area (Å²) in [5.41, 5.74) is 1.72. The minimum Gasteiger partial charge on any atom is -0.377 e. The molecule has 0 radical (unpaired) electrons. The number of hydrogen-bond donors (Lipinski definition) is 0. The van der Waals surface area contributed by atoms with Crippen molar-refractivity contribution in [2.75, 3.05) is 19.8 Å². The van der Waals surface area contributed by atoms with E-state index in [4.69, 9.17) is 4.74 Å². The normalized spacial score (nSPS) is 17.3. The summed E-state index contributed by atoms with van der Waals surface area (Å²) < 4.78 is 5.51. The zero-order valence-electron chi connectivity index (χ0n) is 14.1. The molecule has 5 nitrogen and oxygen atoms in total. The van der Waals surface area contributed by atoms with Crippen LogP contribution in [0.3, 0.4) is 0 Å². The number of ether oxygens (including phenoxy) is 1. The van der Waals surface area contributed by atoms with E-state index in [2.05, 4.69) is 4.98 Å². The van der Waals surface area contributed by atoms with E-state index in [9.17, 15) is 9.59 Å². The van der Waals surface area contributed by atoms with Crippen LogP contribution in [0.15, 0.2) is 54.9 Å². The number of carbonyl (C=O) groups excluding carboxylic acids is 2. The van der Waals surface area contributed by atoms with Crippen molar-refractivity contribution in [1.29, 1.82) is 0 Å². The summed E-state index contributed by atoms with van der Waals surface area (Å²) in [6.07, 6.45) is 4.87. The van der Waals surface area contributed by atoms with Crippen LogP contribution in [0.5, 0.6) is 0 Å². The van der Waals surface area contributed by atoms with Crippen LogP contribution in [0, 0.1) is 0 Å². The van der Waals surface area contributed by atoms with E-state index >= 15 is 0 Å². The van der Waals surface area contributed by atoms with Crippen LogP contribution < -0.4 is 0 Å². The number of amides is 1. The van der Waals surface area contributed by atoms with Crippen molar-refractivity contribution >= 4 is 11.7 Å². The second-order valence-electron chi connectivity index (χ2n) is 6.17. The molecule has 1 aromatic heterocycles. The van der Waals surface area contributed by atoms with Gasteiger partial charge in [0.15, 0.2) is 5.78 Å². The maximum Gasteiger partial charge on any atom is 0.223 e. The average molecular weight is 338 g/mol. The maximum atomic E-state index is 12.6. The highest BCUT2D eigenvalue weighted by atomic mass is 16.5. The monoisotopic (exact) mass is 338 g/mol. The number of carbonyl (C=O) groups is 2. The van der Waals surface area contributed by atoms with Crippen LogP contribution in [0.2, 0.25) is 0 Å². The molecule has 0 saturated carbocycles. The lowest BCUT2D eigenvalue weighted by Gasteiger charge is -2.35. The van der Waals surface area contributed by atoms with E-state index in [1.807, 2.05) is 30.3 Å². The lowest BCUT2D eigenvalue weighted by atomic mass is 10.0. The SMILES string of the molecule is O=C(CC1COCCN1C(=O)CCc1cccnc1)c1ccccc1. The third-order valence-electron chi connectivity index (χ3n) is 4.42. The van der Waals surface area contributed by atoms with Crippen molar-refractivity contribution in [3.05, 3.63) is 66.0 Å². The van der Waals surface area contributed by atoms with Crippen LogP contribution in [-0.4, -0.2) is 47.4 Å². The smallest absolute Gasteiger partial charge is 0.223 e. The second-order valence-corrected chi connectivity index (χ2v) is 6.17. The minimum atomic E-state index is -0.192. The van der Waals surface area contributed by atoms with Gasteiger partial charge in [0.25, 0.3) is 0 Å². The zero-order chi connectivity index (χ0) is 17.5. The molecular formula is C20H22N2O3. The van der Waals surface area contributed by atoms with E-state index in [-0.39, 0.29) is 17.7 Å². The summed E-state index contributed by atoms with van der Waals surface area (Å²) in [5, 5.41) is 0. The molecule has 5 heteroatoms. The van der Waals surface area contributed by atoms with Gasteiger partial charge in [0.2, 0.25) is 5.91 Å². The Hall–Kier alpha value is -2.53. The Morgan fingerprint density at radius 2 is 2.00 bits per heavy atom. The van der Waals surface area contributed by atoms with E-state index in [0.29, 0.717) is 44.6 Å². The van der Waals surface area contributed by atoms with Gasteiger partial charge < -0.3 is 9.64 Å². The topological polar surface area (TPSA) is 59.5 Å². The first-order valence-electron chi connectivity index (χ1n) is 8.58. The highest BCUT2D eigenvalue weighted by molar-refractivity contribution is 5.96. The average Bonchev–Trinajstić information content (AvgIpc) is 2.68. The van der Waals surface area contributed by atoms with Crippen LogP contribution in [0.4, 0.5) is 0 Å². The molecule has 0 N–H and O–H groups in total. The fourth-order valence-corrected chi connectivity index (χ4v) is 3.05. The number of pyridine rings is 1. The lowest BCUT2D eigenvalue weighted by Crippen LogP contribution is -2.49. The van der Waals surface area contributed by atoms with Gasteiger partial charge in [0.1, 0.15) is 0 Å². The van der Waals surface area contributed by atoms with Crippen LogP contribution in [-0.2, 0) is 16.0 Å². The van der Waals surface area contributed by atoms with Crippen LogP contribution >= 0.6 is 0 Å². The Bertz CT molecular complexity index is 703. The molecule has 3 rings (SSSR count). The Morgan fingerprint density at radius 1 is 1.16 bits per heavy atom. The number of nitrogens with zero attached hydrogens (tertiary/aromatic N) is 2. The largest absolute Gasteiger partial charge is 0.377 e. The predicted octanol–water partition coefficient (Wildman–Crippen LogP) is 2.51. The quantitative estimate of drug-likeness (QED) is 0.760. The molecule has 1 amide bonds. The molecule has 1 saturated heterocycles. The van der Waals surface area contributed by atoms with Gasteiger partial charge in [-0.05, 0) is 18.1 Å². The molecular weight excluding hydrogens is 316 g/mol. The van der Waals surface area contributed by atoms with Crippen molar-refractivity contribution < 1.29 is 14.3 Å². The Morgan fingerprint density at radius 3 is 2.76 bits per heavy atom. The van der Waals surface area contributed by atoms with Crippen molar-refractivity contribution in [2.24, 2.45) is 0 Å². The van der Waals surface area contributed by atoms with Crippen LogP contribution in [0.25, 0.3) is 0 Å². The van der Waals surface area contributed by atoms with Gasteiger partial charge in [-0.3, -0.25) is 14.6 Å². The number of Topliss-reactive ketones (excluding diaryl/α,β-unsaturated/α-hetero) is 1. The molecule has 1 atom stereocenters. The molecule has 25 heavy (non-hydrogen) atoms. The van der Waals surface area contributed by atoms with Gasteiger partial charge in [-0.1, -0.05) is 36.4 Å². The molecule has 130 valence electrons. The number of morpholine rings is 1. The molecule has 0 bridgehead atoms. The number of hydrogen-bond acceptors (Lipinski definition) is 4. The second kappa shape index (κ2) is 8.53. The molecule has 2 heterocycles. The standard InChI is InChI=1S/C20H22N2O3/c23-19(17-6-2-1-3-7-17)13-18-15-25-12-11-22(18)20(24)9-8-16-5-4-10-21-14-16/h1-7,10,14,18H,8-9,11-13,15H2. The summed E-state index contributed by atoms with van der Waals surface area (Å²) in [5.74, 6) is 0.110. The first kappa shape index (κ1) is 17.3. The number of aromatic nitrogens is 1. The number of benzene rings is 1. The number of rotatable bonds is 6. The Labute approximate surface area is 147 Å². The Kier molecular flexibility index (Phi) is 5.90. The number of ketones is 1. The molecule has 0 spiro atoms. The van der Waals surface area contributed by atoms with E-state index in [1.54, 1.807) is 29.4 Å². The van der Waals surface area contributed by atoms with Gasteiger partial charge >= 0.3 is 0 Å². The van der Waals surface area contributed by atoms with E-state index in [1.165, 1.54) is 0 Å². The van der Waals surface area contributed by atoms with Gasteiger partial charge in [-0.15, -0.1) is 0 Å². The van der Waals surface area contributed by atoms with Crippen molar-refractivity contribution in [2.45, 2.75) is 25.3 Å². The van der Waals surface area contributed by atoms with E-state index < -0.39 is 0 Å². The Balaban J connectivity index is 1.60. The zero-order valence-corrected chi connectivity index (χ0v) is 14.1. The first-order valence-corrected chi connectivity index (χ1v) is 8.58. The van der Waals surface area contributed by atoms with Crippen molar-refractivity contribution in [1.82, 2.24) is 9.88 Å². The minimum absolute atomic E-state index is 0.0427. The molecule has 1 fully saturated rings. The first-order chi connectivity index (χ1) is 12.2. The summed E-state index contributed by atoms with van der Waals surface area (Å²) in [6, 6.07) is 12.8. The van der Waals surface area contributed by atoms with Crippen molar-refractivity contribution in [3.63, 3.8) is 0 Å². The van der Waals surface area contributed by atoms with E-state index in [0.717, 1.165) is 5.56 Å². The van der Waals surface area contributed by atoms with Gasteiger partial charge in [-0.2, -0.15) is 0 Å². The molecule has 1 unspecified atom stereocenters. The molecule has 1 aliphatic rings. The maximum absolute atomic E-state index is 12.6. The van der Waals surface area contributed by atoms with Crippen molar-refractivity contribution in [3.8, 4) is 0 Å². The lowest BCUT2D eigenvalue weighted by molar-refractivity contribution is -0.139. The fraction of sp³-hybridized carbons (Fsp3) is 0.350. The molecule has 0 aliphatic carbocycles. The molecule has 1 aromatic carbocycles. The predicted molar refractivity (Wildman–Crippen MR) is 94.3 cm³/mol. The highest BCUT2D eigenvalue weighted by Crippen LogP contribution is 2.16. The van der Waals surface area contributed by atoms with Gasteiger partial charge in [-0.25, -0.2) is 0 Å². The van der Waals surface area contributed by atoms with Gasteiger partial charge in [0.05, 0.1) is 19.3 Å². The molecule has 1 aliphatic heterocycles. The third kappa shape index (κ3) is 4.73.